The lowest BCUT2D eigenvalue weighted by molar-refractivity contribution is 0.184. The minimum absolute atomic E-state index is 0.585. The standard InChI is InChI=1S/C13H14O3/c1-15-8-10-2-4-11(5-3-10)13(14)12-6-7-16-9-12/h2-7,9,13-14H,8H2,1H3. The summed E-state index contributed by atoms with van der Waals surface area (Å²) in [4.78, 5) is 0. The van der Waals surface area contributed by atoms with E-state index in [2.05, 4.69) is 0 Å². The monoisotopic (exact) mass is 218 g/mol. The van der Waals surface area contributed by atoms with E-state index in [0.29, 0.717) is 6.61 Å². The van der Waals surface area contributed by atoms with E-state index in [1.807, 2.05) is 24.3 Å². The minimum Gasteiger partial charge on any atom is -0.472 e. The van der Waals surface area contributed by atoms with Crippen molar-refractivity contribution in [1.29, 1.82) is 0 Å². The van der Waals surface area contributed by atoms with Crippen LogP contribution in [0.5, 0.6) is 0 Å². The van der Waals surface area contributed by atoms with Crippen LogP contribution in [-0.2, 0) is 11.3 Å². The number of hydrogen-bond donors (Lipinski definition) is 1. The van der Waals surface area contributed by atoms with Crippen molar-refractivity contribution in [3.05, 3.63) is 59.5 Å². The Morgan fingerprint density at radius 3 is 2.50 bits per heavy atom. The molecule has 0 radical (unpaired) electrons. The summed E-state index contributed by atoms with van der Waals surface area (Å²) in [6, 6.07) is 9.44. The van der Waals surface area contributed by atoms with E-state index in [-0.39, 0.29) is 0 Å². The third-order valence-corrected chi connectivity index (χ3v) is 2.47. The van der Waals surface area contributed by atoms with Crippen LogP contribution >= 0.6 is 0 Å². The van der Waals surface area contributed by atoms with E-state index in [9.17, 15) is 5.11 Å². The molecule has 16 heavy (non-hydrogen) atoms. The van der Waals surface area contributed by atoms with Crippen molar-refractivity contribution in [3.8, 4) is 0 Å². The maximum atomic E-state index is 10.0. The molecule has 0 aliphatic carbocycles. The van der Waals surface area contributed by atoms with Crippen molar-refractivity contribution in [2.24, 2.45) is 0 Å². The maximum Gasteiger partial charge on any atom is 0.107 e. The van der Waals surface area contributed by atoms with Crippen LogP contribution in [0.3, 0.4) is 0 Å². The summed E-state index contributed by atoms with van der Waals surface area (Å²) in [5.41, 5.74) is 2.70. The first-order chi connectivity index (χ1) is 7.81. The Hall–Kier alpha value is -1.58. The SMILES string of the molecule is COCc1ccc(C(O)c2ccoc2)cc1. The molecule has 2 aromatic rings. The number of hydrogen-bond acceptors (Lipinski definition) is 3. The van der Waals surface area contributed by atoms with Gasteiger partial charge in [0.05, 0.1) is 19.1 Å². The highest BCUT2D eigenvalue weighted by Gasteiger charge is 2.10. The molecule has 0 fully saturated rings. The predicted molar refractivity (Wildman–Crippen MR) is 59.9 cm³/mol. The molecule has 2 rings (SSSR count). The Balaban J connectivity index is 2.15. The van der Waals surface area contributed by atoms with Crippen molar-refractivity contribution in [1.82, 2.24) is 0 Å². The lowest BCUT2D eigenvalue weighted by Gasteiger charge is -2.09. The van der Waals surface area contributed by atoms with Crippen LogP contribution < -0.4 is 0 Å². The predicted octanol–water partition coefficient (Wildman–Crippen LogP) is 2.51. The number of aliphatic hydroxyl groups excluding tert-OH is 1. The van der Waals surface area contributed by atoms with Crippen molar-refractivity contribution >= 4 is 0 Å². The summed E-state index contributed by atoms with van der Waals surface area (Å²) in [7, 11) is 1.66. The van der Waals surface area contributed by atoms with E-state index in [4.69, 9.17) is 9.15 Å². The molecule has 0 spiro atoms. The van der Waals surface area contributed by atoms with Crippen LogP contribution in [-0.4, -0.2) is 12.2 Å². The molecule has 1 aromatic heterocycles. The summed E-state index contributed by atoms with van der Waals surface area (Å²) in [6.45, 7) is 0.585. The molecule has 1 heterocycles. The van der Waals surface area contributed by atoms with Crippen molar-refractivity contribution in [2.75, 3.05) is 7.11 Å². The summed E-state index contributed by atoms with van der Waals surface area (Å²) in [5, 5.41) is 10.0. The van der Waals surface area contributed by atoms with Gasteiger partial charge in [-0.05, 0) is 17.2 Å². The molecule has 0 bridgehead atoms. The van der Waals surface area contributed by atoms with Gasteiger partial charge in [0.25, 0.3) is 0 Å². The first kappa shape index (κ1) is 10.9. The average Bonchev–Trinajstić information content (AvgIpc) is 2.83. The summed E-state index contributed by atoms with van der Waals surface area (Å²) < 4.78 is 9.96. The first-order valence-electron chi connectivity index (χ1n) is 5.09. The van der Waals surface area contributed by atoms with Crippen molar-refractivity contribution < 1.29 is 14.3 Å². The Kier molecular flexibility index (Phi) is 3.39. The number of aliphatic hydroxyl groups is 1. The van der Waals surface area contributed by atoms with Crippen molar-refractivity contribution in [2.45, 2.75) is 12.7 Å². The van der Waals surface area contributed by atoms with Gasteiger partial charge in [-0.2, -0.15) is 0 Å². The lowest BCUT2D eigenvalue weighted by atomic mass is 10.0. The van der Waals surface area contributed by atoms with Gasteiger partial charge in [0.2, 0.25) is 0 Å². The second-order valence-corrected chi connectivity index (χ2v) is 3.63. The van der Waals surface area contributed by atoms with E-state index in [1.54, 1.807) is 25.7 Å². The first-order valence-corrected chi connectivity index (χ1v) is 5.09. The van der Waals surface area contributed by atoms with Gasteiger partial charge in [0.15, 0.2) is 0 Å². The largest absolute Gasteiger partial charge is 0.472 e. The highest BCUT2D eigenvalue weighted by molar-refractivity contribution is 5.29. The molecule has 0 saturated carbocycles. The van der Waals surface area contributed by atoms with Crippen LogP contribution in [0.2, 0.25) is 0 Å². The maximum absolute atomic E-state index is 10.0. The molecule has 0 amide bonds. The molecule has 0 aliphatic heterocycles. The Labute approximate surface area is 94.3 Å². The molecule has 1 aromatic carbocycles. The van der Waals surface area contributed by atoms with Crippen LogP contribution in [0.25, 0.3) is 0 Å². The molecular weight excluding hydrogens is 204 g/mol. The highest BCUT2D eigenvalue weighted by Crippen LogP contribution is 2.22. The van der Waals surface area contributed by atoms with Gasteiger partial charge >= 0.3 is 0 Å². The fourth-order valence-corrected chi connectivity index (χ4v) is 1.59. The molecule has 0 saturated heterocycles. The van der Waals surface area contributed by atoms with Crippen LogP contribution in [0, 0.1) is 0 Å². The number of methoxy groups -OCH3 is 1. The zero-order chi connectivity index (χ0) is 11.4. The second kappa shape index (κ2) is 4.96. The average molecular weight is 218 g/mol. The van der Waals surface area contributed by atoms with E-state index < -0.39 is 6.10 Å². The van der Waals surface area contributed by atoms with Crippen molar-refractivity contribution in [3.63, 3.8) is 0 Å². The van der Waals surface area contributed by atoms with Gasteiger partial charge in [-0.3, -0.25) is 0 Å². The highest BCUT2D eigenvalue weighted by atomic mass is 16.5. The Morgan fingerprint density at radius 1 is 1.19 bits per heavy atom. The second-order valence-electron chi connectivity index (χ2n) is 3.63. The third kappa shape index (κ3) is 2.32. The molecular formula is C13H14O3. The van der Waals surface area contributed by atoms with Gasteiger partial charge in [-0.15, -0.1) is 0 Å². The fourth-order valence-electron chi connectivity index (χ4n) is 1.59. The molecule has 1 unspecified atom stereocenters. The van der Waals surface area contributed by atoms with Crippen LogP contribution in [0.4, 0.5) is 0 Å². The zero-order valence-electron chi connectivity index (χ0n) is 9.09. The lowest BCUT2D eigenvalue weighted by Crippen LogP contribution is -1.98. The molecule has 1 atom stereocenters. The molecule has 3 nitrogen and oxygen atoms in total. The van der Waals surface area contributed by atoms with Crippen LogP contribution in [0.1, 0.15) is 22.8 Å². The van der Waals surface area contributed by atoms with E-state index in [0.717, 1.165) is 16.7 Å². The van der Waals surface area contributed by atoms with Gasteiger partial charge in [-0.25, -0.2) is 0 Å². The quantitative estimate of drug-likeness (QED) is 0.857. The molecule has 3 heteroatoms. The Morgan fingerprint density at radius 2 is 1.94 bits per heavy atom. The van der Waals surface area contributed by atoms with Gasteiger partial charge in [0.1, 0.15) is 6.10 Å². The topological polar surface area (TPSA) is 42.6 Å². The van der Waals surface area contributed by atoms with Gasteiger partial charge in [-0.1, -0.05) is 24.3 Å². The van der Waals surface area contributed by atoms with E-state index in [1.165, 1.54) is 0 Å². The zero-order valence-corrected chi connectivity index (χ0v) is 9.09. The number of rotatable bonds is 4. The number of furan rings is 1. The van der Waals surface area contributed by atoms with Crippen LogP contribution in [0.15, 0.2) is 47.3 Å². The summed E-state index contributed by atoms with van der Waals surface area (Å²) in [6.07, 6.45) is 2.47. The normalized spacial score (nSPS) is 12.6. The smallest absolute Gasteiger partial charge is 0.107 e. The van der Waals surface area contributed by atoms with E-state index >= 15 is 0 Å². The Bertz CT molecular complexity index is 417. The number of ether oxygens (including phenoxy) is 1. The fraction of sp³-hybridized carbons (Fsp3) is 0.231. The third-order valence-electron chi connectivity index (χ3n) is 2.47. The van der Waals surface area contributed by atoms with Gasteiger partial charge in [0, 0.05) is 12.7 Å². The molecule has 84 valence electrons. The molecule has 0 aliphatic rings. The molecule has 1 N–H and O–H groups in total. The summed E-state index contributed by atoms with van der Waals surface area (Å²) >= 11 is 0. The number of benzene rings is 1. The van der Waals surface area contributed by atoms with Gasteiger partial charge < -0.3 is 14.3 Å². The minimum atomic E-state index is -0.629. The summed E-state index contributed by atoms with van der Waals surface area (Å²) in [5.74, 6) is 0.